The third-order valence-electron chi connectivity index (χ3n) is 5.31. The van der Waals surface area contributed by atoms with Crippen LogP contribution in [0.25, 0.3) is 0 Å². The molecule has 4 rings (SSSR count). The molecule has 2 aromatic carbocycles. The first kappa shape index (κ1) is 19.2. The first-order valence-corrected chi connectivity index (χ1v) is 9.80. The fourth-order valence-electron chi connectivity index (χ4n) is 3.79. The summed E-state index contributed by atoms with van der Waals surface area (Å²) in [5, 5.41) is 18.8. The number of ether oxygens (including phenoxy) is 1. The van der Waals surface area contributed by atoms with Crippen LogP contribution >= 0.6 is 0 Å². The van der Waals surface area contributed by atoms with Gasteiger partial charge in [-0.15, -0.1) is 0 Å². The standard InChI is InChI=1S/C23H26N4O2/c1-15-5-7-16(8-6-15)20-18-10-9-17(28)13-19(18)29-23-21(20)22(24)27(14-25-23)12-4-11-26(2)3/h5-10,13-14,20,24,28H,4,11-12H2,1-3H3/t20-/m1/s1. The number of aryl methyl sites for hydroxylation is 2. The maximum atomic E-state index is 9.92. The Bertz CT molecular complexity index is 1090. The molecule has 2 N–H and O–H groups in total. The summed E-state index contributed by atoms with van der Waals surface area (Å²) >= 11 is 0. The molecule has 1 aliphatic rings. The molecule has 6 heteroatoms. The number of hydrogen-bond donors (Lipinski definition) is 2. The molecule has 29 heavy (non-hydrogen) atoms. The normalized spacial score (nSPS) is 15.0. The van der Waals surface area contributed by atoms with Crippen LogP contribution < -0.4 is 10.2 Å². The molecule has 150 valence electrons. The number of benzene rings is 2. The molecule has 0 radical (unpaired) electrons. The molecule has 6 nitrogen and oxygen atoms in total. The van der Waals surface area contributed by atoms with E-state index in [1.165, 1.54) is 5.56 Å². The highest BCUT2D eigenvalue weighted by atomic mass is 16.5. The average molecular weight is 390 g/mol. The quantitative estimate of drug-likeness (QED) is 0.546. The van der Waals surface area contributed by atoms with Gasteiger partial charge in [0.15, 0.2) is 0 Å². The Balaban J connectivity index is 1.83. The third-order valence-corrected chi connectivity index (χ3v) is 5.31. The van der Waals surface area contributed by atoms with Crippen molar-refractivity contribution in [2.24, 2.45) is 0 Å². The summed E-state index contributed by atoms with van der Waals surface area (Å²) in [5.41, 5.74) is 4.37. The Morgan fingerprint density at radius 3 is 2.66 bits per heavy atom. The van der Waals surface area contributed by atoms with Crippen molar-refractivity contribution >= 4 is 0 Å². The largest absolute Gasteiger partial charge is 0.508 e. The van der Waals surface area contributed by atoms with Crippen LogP contribution in [0.2, 0.25) is 0 Å². The number of phenols is 1. The molecular weight excluding hydrogens is 364 g/mol. The van der Waals surface area contributed by atoms with E-state index in [0.717, 1.165) is 36.2 Å². The topological polar surface area (TPSA) is 74.4 Å². The van der Waals surface area contributed by atoms with Crippen LogP contribution in [-0.2, 0) is 6.54 Å². The van der Waals surface area contributed by atoms with E-state index in [9.17, 15) is 5.11 Å². The molecule has 1 aliphatic heterocycles. The minimum atomic E-state index is -0.170. The maximum Gasteiger partial charge on any atom is 0.228 e. The second kappa shape index (κ2) is 7.72. The lowest BCUT2D eigenvalue weighted by atomic mass is 9.83. The van der Waals surface area contributed by atoms with Gasteiger partial charge in [-0.25, -0.2) is 4.98 Å². The Labute approximate surface area is 170 Å². The zero-order valence-electron chi connectivity index (χ0n) is 17.0. The summed E-state index contributed by atoms with van der Waals surface area (Å²) < 4.78 is 7.89. The van der Waals surface area contributed by atoms with Gasteiger partial charge in [-0.05, 0) is 45.6 Å². The van der Waals surface area contributed by atoms with Crippen molar-refractivity contribution in [3.63, 3.8) is 0 Å². The maximum absolute atomic E-state index is 9.92. The van der Waals surface area contributed by atoms with Crippen LogP contribution in [0.15, 0.2) is 48.8 Å². The zero-order valence-corrected chi connectivity index (χ0v) is 17.0. The fourth-order valence-corrected chi connectivity index (χ4v) is 3.79. The minimum absolute atomic E-state index is 0.149. The first-order valence-electron chi connectivity index (χ1n) is 9.80. The van der Waals surface area contributed by atoms with Crippen LogP contribution in [0.1, 0.15) is 34.6 Å². The van der Waals surface area contributed by atoms with Gasteiger partial charge in [0.25, 0.3) is 0 Å². The van der Waals surface area contributed by atoms with Gasteiger partial charge >= 0.3 is 0 Å². The highest BCUT2D eigenvalue weighted by Crippen LogP contribution is 2.45. The Morgan fingerprint density at radius 1 is 1.17 bits per heavy atom. The van der Waals surface area contributed by atoms with E-state index >= 15 is 0 Å². The summed E-state index contributed by atoms with van der Waals surface area (Å²) in [5.74, 6) is 0.995. The van der Waals surface area contributed by atoms with Crippen LogP contribution in [0, 0.1) is 12.3 Å². The van der Waals surface area contributed by atoms with Gasteiger partial charge in [-0.2, -0.15) is 0 Å². The molecule has 0 fully saturated rings. The lowest BCUT2D eigenvalue weighted by Crippen LogP contribution is -2.30. The number of nitrogens with zero attached hydrogens (tertiary/aromatic N) is 3. The van der Waals surface area contributed by atoms with Crippen molar-refractivity contribution in [3.8, 4) is 17.4 Å². The zero-order chi connectivity index (χ0) is 20.5. The lowest BCUT2D eigenvalue weighted by molar-refractivity contribution is 0.378. The van der Waals surface area contributed by atoms with Crippen molar-refractivity contribution in [1.82, 2.24) is 14.5 Å². The SMILES string of the molecule is Cc1ccc([C@@H]2c3ccc(O)cc3Oc3ncn(CCCN(C)C)c(=N)c32)cc1. The van der Waals surface area contributed by atoms with E-state index < -0.39 is 0 Å². The monoisotopic (exact) mass is 390 g/mol. The van der Waals surface area contributed by atoms with Gasteiger partial charge in [0.05, 0.1) is 5.56 Å². The van der Waals surface area contributed by atoms with Crippen molar-refractivity contribution in [2.75, 3.05) is 20.6 Å². The van der Waals surface area contributed by atoms with E-state index in [1.807, 2.05) is 24.7 Å². The van der Waals surface area contributed by atoms with Crippen molar-refractivity contribution in [2.45, 2.75) is 25.8 Å². The lowest BCUT2D eigenvalue weighted by Gasteiger charge is -2.28. The van der Waals surface area contributed by atoms with Crippen molar-refractivity contribution in [1.29, 1.82) is 5.41 Å². The van der Waals surface area contributed by atoms with Gasteiger partial charge in [-0.1, -0.05) is 35.9 Å². The van der Waals surface area contributed by atoms with Gasteiger partial charge in [0, 0.05) is 24.1 Å². The first-order chi connectivity index (χ1) is 13.9. The van der Waals surface area contributed by atoms with Crippen LogP contribution in [0.5, 0.6) is 17.4 Å². The number of phenolic OH excluding ortho intramolecular Hbond substituents is 1. The smallest absolute Gasteiger partial charge is 0.228 e. The Morgan fingerprint density at radius 2 is 1.93 bits per heavy atom. The summed E-state index contributed by atoms with van der Waals surface area (Å²) in [6.07, 6.45) is 2.61. The minimum Gasteiger partial charge on any atom is -0.508 e. The van der Waals surface area contributed by atoms with E-state index in [2.05, 4.69) is 41.1 Å². The fraction of sp³-hybridized carbons (Fsp3) is 0.304. The molecule has 0 bridgehead atoms. The molecule has 1 aromatic heterocycles. The second-order valence-electron chi connectivity index (χ2n) is 7.83. The molecule has 0 unspecified atom stereocenters. The summed E-state index contributed by atoms with van der Waals surface area (Å²) in [7, 11) is 4.09. The highest BCUT2D eigenvalue weighted by molar-refractivity contribution is 5.57. The molecule has 1 atom stereocenters. The summed E-state index contributed by atoms with van der Waals surface area (Å²) in [6, 6.07) is 13.5. The van der Waals surface area contributed by atoms with Crippen molar-refractivity contribution < 1.29 is 9.84 Å². The molecule has 2 heterocycles. The molecule has 3 aromatic rings. The predicted octanol–water partition coefficient (Wildman–Crippen LogP) is 3.61. The van der Waals surface area contributed by atoms with Crippen LogP contribution in [0.3, 0.4) is 0 Å². The Kier molecular flexibility index (Phi) is 5.11. The average Bonchev–Trinajstić information content (AvgIpc) is 2.68. The van der Waals surface area contributed by atoms with E-state index in [4.69, 9.17) is 10.1 Å². The predicted molar refractivity (Wildman–Crippen MR) is 112 cm³/mol. The Hall–Kier alpha value is -3.12. The van der Waals surface area contributed by atoms with E-state index in [-0.39, 0.29) is 11.7 Å². The van der Waals surface area contributed by atoms with Crippen LogP contribution in [-0.4, -0.2) is 40.2 Å². The molecule has 0 amide bonds. The molecule has 0 aliphatic carbocycles. The van der Waals surface area contributed by atoms with E-state index in [1.54, 1.807) is 18.5 Å². The summed E-state index contributed by atoms with van der Waals surface area (Å²) in [4.78, 5) is 6.66. The number of aromatic hydroxyl groups is 1. The number of nitrogens with one attached hydrogen (secondary N) is 1. The molecule has 0 saturated carbocycles. The third kappa shape index (κ3) is 3.76. The van der Waals surface area contributed by atoms with Gasteiger partial charge in [-0.3, -0.25) is 5.41 Å². The highest BCUT2D eigenvalue weighted by Gasteiger charge is 2.32. The molecule has 0 spiro atoms. The molecule has 0 saturated heterocycles. The number of aromatic nitrogens is 2. The van der Waals surface area contributed by atoms with E-state index in [0.29, 0.717) is 17.1 Å². The number of fused-ring (bicyclic) bond motifs is 2. The number of rotatable bonds is 5. The van der Waals surface area contributed by atoms with Gasteiger partial charge in [0.2, 0.25) is 5.88 Å². The van der Waals surface area contributed by atoms with Gasteiger partial charge in [0.1, 0.15) is 23.3 Å². The summed E-state index contributed by atoms with van der Waals surface area (Å²) in [6.45, 7) is 3.73. The second-order valence-corrected chi connectivity index (χ2v) is 7.83. The van der Waals surface area contributed by atoms with Crippen LogP contribution in [0.4, 0.5) is 0 Å². The molecular formula is C23H26N4O2. The van der Waals surface area contributed by atoms with Gasteiger partial charge < -0.3 is 19.3 Å². The number of hydrogen-bond acceptors (Lipinski definition) is 5. The van der Waals surface area contributed by atoms with Crippen molar-refractivity contribution in [3.05, 3.63) is 76.5 Å².